The van der Waals surface area contributed by atoms with E-state index in [-0.39, 0.29) is 23.4 Å². The molecule has 0 aliphatic heterocycles. The van der Waals surface area contributed by atoms with Gasteiger partial charge in [0.1, 0.15) is 17.1 Å². The molecule has 0 saturated heterocycles. The summed E-state index contributed by atoms with van der Waals surface area (Å²) in [5.41, 5.74) is 4.87. The number of methoxy groups -OCH3 is 1. The summed E-state index contributed by atoms with van der Waals surface area (Å²) in [4.78, 5) is 37.0. The molecule has 202 valence electrons. The topological polar surface area (TPSA) is 87.3 Å². The lowest BCUT2D eigenvalue weighted by atomic mass is 9.92. The smallest absolute Gasteiger partial charge is 0.326 e. The maximum Gasteiger partial charge on any atom is 0.326 e. The van der Waals surface area contributed by atoms with Crippen molar-refractivity contribution in [2.75, 3.05) is 23.9 Å². The molecule has 0 unspecified atom stereocenters. The standard InChI is InChI=1S/C32H36N4O3/c1-19(2)24-11-7-12-25(20(3)4)28(24)34-32(38)36(18-21-14-15-21)29-27(22-9-6-10-23(17-22)39-5)26-13-8-16-33-30(26)35-31(29)37/h6-13,16-17,19-21H,14-15,18H2,1-5H3,(H,34,38)(H,33,35,37). The molecule has 0 atom stereocenters. The number of para-hydroxylation sites is 1. The summed E-state index contributed by atoms with van der Waals surface area (Å²) in [7, 11) is 1.61. The Morgan fingerprint density at radius 1 is 1.05 bits per heavy atom. The van der Waals surface area contributed by atoms with Crippen molar-refractivity contribution >= 4 is 28.4 Å². The minimum absolute atomic E-state index is 0.221. The molecule has 1 aliphatic carbocycles. The van der Waals surface area contributed by atoms with E-state index in [4.69, 9.17) is 4.74 Å². The van der Waals surface area contributed by atoms with Crippen molar-refractivity contribution in [3.8, 4) is 16.9 Å². The quantitative estimate of drug-likeness (QED) is 0.253. The number of rotatable bonds is 8. The number of fused-ring (bicyclic) bond motifs is 1. The average molecular weight is 525 g/mol. The number of H-pyrrole nitrogens is 1. The monoisotopic (exact) mass is 524 g/mol. The summed E-state index contributed by atoms with van der Waals surface area (Å²) < 4.78 is 5.50. The van der Waals surface area contributed by atoms with Gasteiger partial charge in [0.2, 0.25) is 0 Å². The molecule has 1 saturated carbocycles. The predicted molar refractivity (Wildman–Crippen MR) is 158 cm³/mol. The Morgan fingerprint density at radius 3 is 2.38 bits per heavy atom. The highest BCUT2D eigenvalue weighted by molar-refractivity contribution is 6.09. The second-order valence-electron chi connectivity index (χ2n) is 10.9. The Labute approximate surface area is 229 Å². The molecule has 1 fully saturated rings. The van der Waals surface area contributed by atoms with Crippen molar-refractivity contribution in [2.24, 2.45) is 5.92 Å². The van der Waals surface area contributed by atoms with Gasteiger partial charge in [-0.05, 0) is 71.6 Å². The van der Waals surface area contributed by atoms with Crippen LogP contribution in [0.2, 0.25) is 0 Å². The molecule has 0 bridgehead atoms. The molecule has 2 aromatic carbocycles. The van der Waals surface area contributed by atoms with Crippen LogP contribution in [0.25, 0.3) is 22.2 Å². The zero-order valence-electron chi connectivity index (χ0n) is 23.2. The first-order chi connectivity index (χ1) is 18.8. The van der Waals surface area contributed by atoms with Gasteiger partial charge in [-0.15, -0.1) is 0 Å². The van der Waals surface area contributed by atoms with Gasteiger partial charge >= 0.3 is 6.03 Å². The van der Waals surface area contributed by atoms with Crippen molar-refractivity contribution < 1.29 is 9.53 Å². The Balaban J connectivity index is 1.70. The van der Waals surface area contributed by atoms with E-state index in [1.54, 1.807) is 18.2 Å². The number of ether oxygens (including phenoxy) is 1. The van der Waals surface area contributed by atoms with Gasteiger partial charge in [-0.3, -0.25) is 9.69 Å². The number of amides is 2. The lowest BCUT2D eigenvalue weighted by Crippen LogP contribution is -2.40. The first-order valence-electron chi connectivity index (χ1n) is 13.6. The van der Waals surface area contributed by atoms with Crippen LogP contribution in [-0.4, -0.2) is 29.7 Å². The van der Waals surface area contributed by atoms with Crippen LogP contribution in [-0.2, 0) is 0 Å². The van der Waals surface area contributed by atoms with Crippen molar-refractivity contribution in [3.05, 3.63) is 82.3 Å². The molecule has 2 N–H and O–H groups in total. The third kappa shape index (κ3) is 5.39. The lowest BCUT2D eigenvalue weighted by molar-refractivity contribution is 0.256. The molecule has 0 spiro atoms. The van der Waals surface area contributed by atoms with Crippen LogP contribution in [0.15, 0.2) is 65.6 Å². The van der Waals surface area contributed by atoms with E-state index >= 15 is 0 Å². The van der Waals surface area contributed by atoms with Gasteiger partial charge in [0, 0.05) is 29.4 Å². The molecule has 2 amide bonds. The third-order valence-corrected chi connectivity index (χ3v) is 7.38. The number of nitrogens with one attached hydrogen (secondary N) is 2. The summed E-state index contributed by atoms with van der Waals surface area (Å²) in [6.45, 7) is 8.95. The molecule has 2 heterocycles. The van der Waals surface area contributed by atoms with Gasteiger partial charge in [-0.1, -0.05) is 58.0 Å². The van der Waals surface area contributed by atoms with Crippen LogP contribution in [0.3, 0.4) is 0 Å². The van der Waals surface area contributed by atoms with Crippen molar-refractivity contribution in [2.45, 2.75) is 52.4 Å². The number of carbonyl (C=O) groups is 1. The molecule has 7 nitrogen and oxygen atoms in total. The fourth-order valence-corrected chi connectivity index (χ4v) is 5.15. The molecular formula is C32H36N4O3. The van der Waals surface area contributed by atoms with Gasteiger partial charge in [-0.2, -0.15) is 0 Å². The minimum atomic E-state index is -0.351. The molecule has 1 aliphatic rings. The summed E-state index contributed by atoms with van der Waals surface area (Å²) in [6.07, 6.45) is 3.72. The number of carbonyl (C=O) groups excluding carboxylic acids is 1. The van der Waals surface area contributed by atoms with Gasteiger partial charge in [-0.25, -0.2) is 9.78 Å². The van der Waals surface area contributed by atoms with Crippen LogP contribution >= 0.6 is 0 Å². The normalized spacial score (nSPS) is 13.2. The third-order valence-electron chi connectivity index (χ3n) is 7.38. The first kappa shape index (κ1) is 26.5. The van der Waals surface area contributed by atoms with Crippen LogP contribution in [0.1, 0.15) is 63.5 Å². The number of benzene rings is 2. The summed E-state index contributed by atoms with van der Waals surface area (Å²) in [5.74, 6) is 1.46. The lowest BCUT2D eigenvalue weighted by Gasteiger charge is -2.28. The van der Waals surface area contributed by atoms with E-state index in [2.05, 4.69) is 55.1 Å². The predicted octanol–water partition coefficient (Wildman–Crippen LogP) is 7.29. The number of nitrogens with zero attached hydrogens (tertiary/aromatic N) is 2. The second kappa shape index (κ2) is 10.9. The van der Waals surface area contributed by atoms with Crippen molar-refractivity contribution in [1.29, 1.82) is 0 Å². The number of aromatic nitrogens is 2. The molecule has 5 rings (SSSR count). The van der Waals surface area contributed by atoms with Crippen molar-refractivity contribution in [3.63, 3.8) is 0 Å². The Morgan fingerprint density at radius 2 is 1.74 bits per heavy atom. The van der Waals surface area contributed by atoms with Gasteiger partial charge in [0.05, 0.1) is 7.11 Å². The summed E-state index contributed by atoms with van der Waals surface area (Å²) >= 11 is 0. The zero-order valence-corrected chi connectivity index (χ0v) is 23.2. The van der Waals surface area contributed by atoms with E-state index in [9.17, 15) is 9.59 Å². The van der Waals surface area contributed by atoms with E-state index in [1.165, 1.54) is 0 Å². The molecule has 4 aromatic rings. The van der Waals surface area contributed by atoms with E-state index < -0.39 is 0 Å². The molecule has 7 heteroatoms. The average Bonchev–Trinajstić information content (AvgIpc) is 3.75. The maximum atomic E-state index is 14.2. The number of pyridine rings is 2. The zero-order chi connectivity index (χ0) is 27.7. The number of hydrogen-bond acceptors (Lipinski definition) is 4. The second-order valence-corrected chi connectivity index (χ2v) is 10.9. The number of anilines is 2. The van der Waals surface area contributed by atoms with Crippen LogP contribution in [0, 0.1) is 5.92 Å². The summed E-state index contributed by atoms with van der Waals surface area (Å²) in [5, 5.41) is 4.01. The van der Waals surface area contributed by atoms with Gasteiger partial charge < -0.3 is 15.0 Å². The Hall–Kier alpha value is -4.13. The SMILES string of the molecule is COc1cccc(-c2c(N(CC3CC3)C(=O)Nc3c(C(C)C)cccc3C(C)C)c(=O)[nH]c3ncccc23)c1. The van der Waals surface area contributed by atoms with Gasteiger partial charge in [0.25, 0.3) is 5.56 Å². The van der Waals surface area contributed by atoms with E-state index in [1.807, 2.05) is 42.5 Å². The maximum absolute atomic E-state index is 14.2. The number of aromatic amines is 1. The minimum Gasteiger partial charge on any atom is -0.497 e. The van der Waals surface area contributed by atoms with Crippen LogP contribution in [0.4, 0.5) is 16.2 Å². The highest BCUT2D eigenvalue weighted by atomic mass is 16.5. The highest BCUT2D eigenvalue weighted by Crippen LogP contribution is 2.39. The molecule has 2 aromatic heterocycles. The van der Waals surface area contributed by atoms with Crippen molar-refractivity contribution in [1.82, 2.24) is 9.97 Å². The number of urea groups is 1. The fourth-order valence-electron chi connectivity index (χ4n) is 5.15. The van der Waals surface area contributed by atoms with Crippen LogP contribution in [0.5, 0.6) is 5.75 Å². The molecule has 0 radical (unpaired) electrons. The highest BCUT2D eigenvalue weighted by Gasteiger charge is 2.32. The summed E-state index contributed by atoms with van der Waals surface area (Å²) in [6, 6.07) is 17.2. The van der Waals surface area contributed by atoms with E-state index in [0.29, 0.717) is 35.1 Å². The number of hydrogen-bond donors (Lipinski definition) is 2. The molecule has 39 heavy (non-hydrogen) atoms. The largest absolute Gasteiger partial charge is 0.497 e. The molecular weight excluding hydrogens is 488 g/mol. The van der Waals surface area contributed by atoms with Crippen LogP contribution < -0.4 is 20.5 Å². The first-order valence-corrected chi connectivity index (χ1v) is 13.6. The Kier molecular flexibility index (Phi) is 7.42. The fraction of sp³-hybridized carbons (Fsp3) is 0.344. The van der Waals surface area contributed by atoms with Gasteiger partial charge in [0.15, 0.2) is 0 Å². The Bertz CT molecular complexity index is 1540. The van der Waals surface area contributed by atoms with E-state index in [0.717, 1.165) is 40.6 Å².